The summed E-state index contributed by atoms with van der Waals surface area (Å²) in [5.41, 5.74) is -0.389. The number of hydrogen-bond donors (Lipinski definition) is 1. The predicted molar refractivity (Wildman–Crippen MR) is 61.4 cm³/mol. The maximum atomic E-state index is 11.7. The maximum Gasteiger partial charge on any atom is 0.369 e. The molecule has 8 nitrogen and oxygen atoms in total. The van der Waals surface area contributed by atoms with Crippen molar-refractivity contribution in [3.05, 3.63) is 51.8 Å². The lowest BCUT2D eigenvalue weighted by Gasteiger charge is -2.01. The van der Waals surface area contributed by atoms with Crippen molar-refractivity contribution in [2.45, 2.75) is 0 Å². The van der Waals surface area contributed by atoms with E-state index in [1.807, 2.05) is 6.07 Å². The minimum atomic E-state index is -0.922. The zero-order valence-electron chi connectivity index (χ0n) is 9.36. The Labute approximate surface area is 106 Å². The van der Waals surface area contributed by atoms with E-state index in [0.717, 1.165) is 6.20 Å². The number of nitrogens with zero attached hydrogens (tertiary/aromatic N) is 3. The zero-order chi connectivity index (χ0) is 13.8. The molecular weight excluding hydrogens is 252 g/mol. The quantitative estimate of drug-likeness (QED) is 0.384. The number of carbonyl (C=O) groups is 1. The fourth-order valence-corrected chi connectivity index (χ4v) is 1.32. The van der Waals surface area contributed by atoms with Gasteiger partial charge in [-0.3, -0.25) is 15.2 Å². The van der Waals surface area contributed by atoms with Crippen LogP contribution in [0.2, 0.25) is 0 Å². The molecule has 0 radical (unpaired) electrons. The Kier molecular flexibility index (Phi) is 3.20. The number of hydrogen-bond acceptors (Lipinski definition) is 6. The van der Waals surface area contributed by atoms with E-state index in [-0.39, 0.29) is 11.4 Å². The molecule has 0 saturated heterocycles. The fourth-order valence-electron chi connectivity index (χ4n) is 1.32. The zero-order valence-corrected chi connectivity index (χ0v) is 9.36. The molecule has 0 atom stereocenters. The van der Waals surface area contributed by atoms with Gasteiger partial charge in [-0.05, 0) is 24.3 Å². The standard InChI is InChI=1S/C11H6N4O4/c12-5-7-1-3-8(4-2-7)19-11(16)10-9(15(17)18)6-13-14-10/h1-4,6H,(H,13,14). The molecular formula is C11H6N4O4. The molecule has 94 valence electrons. The highest BCUT2D eigenvalue weighted by Gasteiger charge is 2.24. The third kappa shape index (κ3) is 2.55. The number of carbonyl (C=O) groups excluding carboxylic acids is 1. The summed E-state index contributed by atoms with van der Waals surface area (Å²) in [5.74, 6) is -0.748. The van der Waals surface area contributed by atoms with Gasteiger partial charge in [0.25, 0.3) is 0 Å². The molecule has 0 aliphatic rings. The summed E-state index contributed by atoms with van der Waals surface area (Å²) in [6, 6.07) is 7.67. The summed E-state index contributed by atoms with van der Waals surface area (Å²) in [6.45, 7) is 0. The Morgan fingerprint density at radius 3 is 2.68 bits per heavy atom. The first kappa shape index (κ1) is 12.3. The van der Waals surface area contributed by atoms with Crippen LogP contribution in [-0.4, -0.2) is 21.1 Å². The van der Waals surface area contributed by atoms with Gasteiger partial charge in [0.05, 0.1) is 16.6 Å². The normalized spacial score (nSPS) is 9.63. The number of nitro groups is 1. The van der Waals surface area contributed by atoms with Crippen LogP contribution in [0.5, 0.6) is 5.75 Å². The lowest BCUT2D eigenvalue weighted by atomic mass is 10.2. The van der Waals surface area contributed by atoms with Gasteiger partial charge in [-0.1, -0.05) is 0 Å². The number of nitrogens with one attached hydrogen (secondary N) is 1. The summed E-state index contributed by atoms with van der Waals surface area (Å²) in [4.78, 5) is 21.6. The van der Waals surface area contributed by atoms with Crippen LogP contribution in [0.25, 0.3) is 0 Å². The Morgan fingerprint density at radius 2 is 2.11 bits per heavy atom. The molecule has 19 heavy (non-hydrogen) atoms. The van der Waals surface area contributed by atoms with E-state index in [1.165, 1.54) is 24.3 Å². The summed E-state index contributed by atoms with van der Waals surface area (Å²) in [5, 5.41) is 24.9. The summed E-state index contributed by atoms with van der Waals surface area (Å²) in [7, 11) is 0. The van der Waals surface area contributed by atoms with Crippen molar-refractivity contribution < 1.29 is 14.5 Å². The van der Waals surface area contributed by atoms with Crippen molar-refractivity contribution in [1.29, 1.82) is 5.26 Å². The SMILES string of the molecule is N#Cc1ccc(OC(=O)c2[nH]ncc2[N+](=O)[O-])cc1. The molecule has 0 aliphatic carbocycles. The van der Waals surface area contributed by atoms with Gasteiger partial charge in [0.15, 0.2) is 0 Å². The number of aromatic amines is 1. The van der Waals surface area contributed by atoms with E-state index in [9.17, 15) is 14.9 Å². The smallest absolute Gasteiger partial charge is 0.369 e. The lowest BCUT2D eigenvalue weighted by molar-refractivity contribution is -0.385. The van der Waals surface area contributed by atoms with Crippen LogP contribution in [0.3, 0.4) is 0 Å². The second-order valence-corrected chi connectivity index (χ2v) is 3.41. The monoisotopic (exact) mass is 258 g/mol. The van der Waals surface area contributed by atoms with Crippen LogP contribution in [-0.2, 0) is 0 Å². The fraction of sp³-hybridized carbons (Fsp3) is 0. The van der Waals surface area contributed by atoms with E-state index in [2.05, 4.69) is 10.2 Å². The van der Waals surface area contributed by atoms with E-state index < -0.39 is 16.6 Å². The number of esters is 1. The van der Waals surface area contributed by atoms with Gasteiger partial charge in [-0.15, -0.1) is 0 Å². The number of H-pyrrole nitrogens is 1. The molecule has 1 aromatic heterocycles. The van der Waals surface area contributed by atoms with Gasteiger partial charge in [0.1, 0.15) is 11.9 Å². The molecule has 1 aromatic carbocycles. The second-order valence-electron chi connectivity index (χ2n) is 3.41. The largest absolute Gasteiger partial charge is 0.422 e. The summed E-state index contributed by atoms with van der Waals surface area (Å²) >= 11 is 0. The van der Waals surface area contributed by atoms with Gasteiger partial charge in [0.2, 0.25) is 5.69 Å². The van der Waals surface area contributed by atoms with Crippen LogP contribution < -0.4 is 4.74 Å². The third-order valence-corrected chi connectivity index (χ3v) is 2.21. The van der Waals surface area contributed by atoms with Crippen LogP contribution in [0.1, 0.15) is 16.1 Å². The van der Waals surface area contributed by atoms with E-state index in [1.54, 1.807) is 0 Å². The lowest BCUT2D eigenvalue weighted by Crippen LogP contribution is -2.11. The van der Waals surface area contributed by atoms with Crippen molar-refractivity contribution in [2.75, 3.05) is 0 Å². The molecule has 0 spiro atoms. The first-order valence-electron chi connectivity index (χ1n) is 5.02. The van der Waals surface area contributed by atoms with Crippen molar-refractivity contribution in [3.63, 3.8) is 0 Å². The molecule has 0 aliphatic heterocycles. The van der Waals surface area contributed by atoms with Crippen LogP contribution in [0, 0.1) is 21.4 Å². The van der Waals surface area contributed by atoms with Gasteiger partial charge < -0.3 is 4.74 Å². The molecule has 2 rings (SSSR count). The minimum absolute atomic E-state index is 0.174. The number of rotatable bonds is 3. The molecule has 0 bridgehead atoms. The highest BCUT2D eigenvalue weighted by molar-refractivity contribution is 5.93. The molecule has 0 fully saturated rings. The average Bonchev–Trinajstić information content (AvgIpc) is 2.89. The van der Waals surface area contributed by atoms with Gasteiger partial charge >= 0.3 is 11.7 Å². The van der Waals surface area contributed by atoms with E-state index >= 15 is 0 Å². The first-order valence-corrected chi connectivity index (χ1v) is 5.02. The van der Waals surface area contributed by atoms with Crippen molar-refractivity contribution >= 4 is 11.7 Å². The Morgan fingerprint density at radius 1 is 1.42 bits per heavy atom. The highest BCUT2D eigenvalue weighted by Crippen LogP contribution is 2.18. The molecule has 0 amide bonds. The Hall–Kier alpha value is -3.21. The molecule has 8 heteroatoms. The molecule has 0 unspecified atom stereocenters. The summed E-state index contributed by atoms with van der Waals surface area (Å²) < 4.78 is 4.93. The average molecular weight is 258 g/mol. The molecule has 0 saturated carbocycles. The maximum absolute atomic E-state index is 11.7. The molecule has 2 aromatic rings. The van der Waals surface area contributed by atoms with Crippen molar-refractivity contribution in [3.8, 4) is 11.8 Å². The highest BCUT2D eigenvalue weighted by atomic mass is 16.6. The minimum Gasteiger partial charge on any atom is -0.422 e. The predicted octanol–water partition coefficient (Wildman–Crippen LogP) is 1.41. The van der Waals surface area contributed by atoms with Gasteiger partial charge in [-0.2, -0.15) is 10.4 Å². The molecule has 1 heterocycles. The van der Waals surface area contributed by atoms with E-state index in [0.29, 0.717) is 5.56 Å². The topological polar surface area (TPSA) is 122 Å². The van der Waals surface area contributed by atoms with Crippen molar-refractivity contribution in [2.24, 2.45) is 0 Å². The first-order chi connectivity index (χ1) is 9.11. The molecule has 1 N–H and O–H groups in total. The van der Waals surface area contributed by atoms with Crippen LogP contribution in [0.4, 0.5) is 5.69 Å². The second kappa shape index (κ2) is 4.97. The van der Waals surface area contributed by atoms with Crippen molar-refractivity contribution in [1.82, 2.24) is 10.2 Å². The Balaban J connectivity index is 2.19. The van der Waals surface area contributed by atoms with Crippen LogP contribution in [0.15, 0.2) is 30.5 Å². The number of nitriles is 1. The number of ether oxygens (including phenoxy) is 1. The number of benzene rings is 1. The van der Waals surface area contributed by atoms with Crippen LogP contribution >= 0.6 is 0 Å². The number of aromatic nitrogens is 2. The van der Waals surface area contributed by atoms with Gasteiger partial charge in [0, 0.05) is 0 Å². The summed E-state index contributed by atoms with van der Waals surface area (Å²) in [6.07, 6.45) is 0.926. The van der Waals surface area contributed by atoms with E-state index in [4.69, 9.17) is 10.00 Å². The third-order valence-electron chi connectivity index (χ3n) is 2.21. The van der Waals surface area contributed by atoms with Gasteiger partial charge in [-0.25, -0.2) is 4.79 Å². The Bertz CT molecular complexity index is 669.